The molecule has 130 valence electrons. The Morgan fingerprint density at radius 2 is 2.00 bits per heavy atom. The first-order valence-corrected chi connectivity index (χ1v) is 9.00. The van der Waals surface area contributed by atoms with Crippen molar-refractivity contribution in [2.45, 2.75) is 38.6 Å². The molecule has 1 aromatic carbocycles. The van der Waals surface area contributed by atoms with Crippen LogP contribution < -0.4 is 20.9 Å². The van der Waals surface area contributed by atoms with E-state index in [9.17, 15) is 4.79 Å². The summed E-state index contributed by atoms with van der Waals surface area (Å²) in [6.07, 6.45) is 5.82. The van der Waals surface area contributed by atoms with E-state index in [1.54, 1.807) is 7.11 Å². The maximum absolute atomic E-state index is 12.0. The third kappa shape index (κ3) is 4.38. The van der Waals surface area contributed by atoms with Gasteiger partial charge >= 0.3 is 0 Å². The third-order valence-corrected chi connectivity index (χ3v) is 5.51. The second kappa shape index (κ2) is 7.83. The minimum absolute atomic E-state index is 0.0288. The van der Waals surface area contributed by atoms with Crippen LogP contribution in [0.4, 0.5) is 0 Å². The monoisotopic (exact) mass is 347 g/mol. The van der Waals surface area contributed by atoms with Crippen molar-refractivity contribution in [1.82, 2.24) is 16.2 Å². The van der Waals surface area contributed by atoms with E-state index in [0.717, 1.165) is 23.1 Å². The van der Waals surface area contributed by atoms with Gasteiger partial charge in [-0.3, -0.25) is 15.6 Å². The Balaban J connectivity index is 1.33. The van der Waals surface area contributed by atoms with Crippen molar-refractivity contribution in [3.63, 3.8) is 0 Å². The van der Waals surface area contributed by atoms with Crippen LogP contribution in [-0.4, -0.2) is 18.1 Å². The molecule has 6 heteroatoms. The van der Waals surface area contributed by atoms with Crippen LogP contribution in [0.5, 0.6) is 5.75 Å². The predicted molar refractivity (Wildman–Crippen MR) is 97.3 cm³/mol. The van der Waals surface area contributed by atoms with Crippen molar-refractivity contribution in [2.75, 3.05) is 7.11 Å². The highest BCUT2D eigenvalue weighted by Gasteiger charge is 2.40. The fourth-order valence-electron chi connectivity index (χ4n) is 4.01. The third-order valence-electron chi connectivity index (χ3n) is 5.26. The zero-order chi connectivity index (χ0) is 16.9. The molecule has 0 unspecified atom stereocenters. The van der Waals surface area contributed by atoms with Gasteiger partial charge in [0.25, 0.3) is 0 Å². The molecule has 0 radical (unpaired) electrons. The molecule has 5 nitrogen and oxygen atoms in total. The first kappa shape index (κ1) is 17.0. The molecule has 0 spiro atoms. The summed E-state index contributed by atoms with van der Waals surface area (Å²) >= 11 is 5.19. The summed E-state index contributed by atoms with van der Waals surface area (Å²) in [6.45, 7) is 0.595. The topological polar surface area (TPSA) is 62.4 Å². The fourth-order valence-corrected chi connectivity index (χ4v) is 4.14. The summed E-state index contributed by atoms with van der Waals surface area (Å²) in [4.78, 5) is 12.0. The number of carbonyl (C=O) groups is 1. The SMILES string of the molecule is COc1ccc(CNC(=S)NNC(=O)C[C@H]2C[C@H]3CC[C@@H]2C3)cc1. The lowest BCUT2D eigenvalue weighted by Gasteiger charge is -2.21. The van der Waals surface area contributed by atoms with Gasteiger partial charge in [-0.2, -0.15) is 0 Å². The van der Waals surface area contributed by atoms with Gasteiger partial charge in [0.2, 0.25) is 5.91 Å². The number of ether oxygens (including phenoxy) is 1. The standard InChI is InChI=1S/C18H25N3O2S/c1-23-16-6-3-12(4-7-16)11-19-18(24)21-20-17(22)10-15-9-13-2-5-14(15)8-13/h3-4,6-7,13-15H,2,5,8-11H2,1H3,(H,20,22)(H2,19,21,24)/t13-,14+,15+/m0/s1. The van der Waals surface area contributed by atoms with E-state index in [1.165, 1.54) is 25.7 Å². The zero-order valence-corrected chi connectivity index (χ0v) is 14.8. The van der Waals surface area contributed by atoms with Crippen LogP contribution in [-0.2, 0) is 11.3 Å². The maximum atomic E-state index is 12.0. The number of amides is 1. The first-order chi connectivity index (χ1) is 11.6. The number of carbonyl (C=O) groups excluding carboxylic acids is 1. The highest BCUT2D eigenvalue weighted by Crippen LogP contribution is 2.49. The Bertz CT molecular complexity index is 590. The number of hydrazine groups is 1. The van der Waals surface area contributed by atoms with Crippen molar-refractivity contribution in [1.29, 1.82) is 0 Å². The quantitative estimate of drug-likeness (QED) is 0.564. The smallest absolute Gasteiger partial charge is 0.238 e. The summed E-state index contributed by atoms with van der Waals surface area (Å²) in [5.74, 6) is 3.05. The van der Waals surface area contributed by atoms with Crippen molar-refractivity contribution in [3.05, 3.63) is 29.8 Å². The summed E-state index contributed by atoms with van der Waals surface area (Å²) in [5, 5.41) is 3.50. The highest BCUT2D eigenvalue weighted by molar-refractivity contribution is 7.80. The molecule has 0 aromatic heterocycles. The number of hydrogen-bond donors (Lipinski definition) is 3. The van der Waals surface area contributed by atoms with E-state index in [2.05, 4.69) is 16.2 Å². The molecule has 0 heterocycles. The van der Waals surface area contributed by atoms with E-state index >= 15 is 0 Å². The van der Waals surface area contributed by atoms with Gasteiger partial charge < -0.3 is 10.1 Å². The summed E-state index contributed by atoms with van der Waals surface area (Å²) in [6, 6.07) is 7.76. The van der Waals surface area contributed by atoms with Gasteiger partial charge in [0.15, 0.2) is 5.11 Å². The molecule has 3 atom stereocenters. The van der Waals surface area contributed by atoms with E-state index in [-0.39, 0.29) is 5.91 Å². The molecule has 0 aliphatic heterocycles. The lowest BCUT2D eigenvalue weighted by atomic mass is 9.86. The minimum atomic E-state index is 0.0288. The maximum Gasteiger partial charge on any atom is 0.238 e. The lowest BCUT2D eigenvalue weighted by molar-refractivity contribution is -0.122. The summed E-state index contributed by atoms with van der Waals surface area (Å²) in [5.41, 5.74) is 6.59. The van der Waals surface area contributed by atoms with Crippen LogP contribution in [0, 0.1) is 17.8 Å². The molecule has 24 heavy (non-hydrogen) atoms. The van der Waals surface area contributed by atoms with E-state index < -0.39 is 0 Å². The van der Waals surface area contributed by atoms with Crippen molar-refractivity contribution >= 4 is 23.2 Å². The van der Waals surface area contributed by atoms with E-state index in [4.69, 9.17) is 17.0 Å². The first-order valence-electron chi connectivity index (χ1n) is 8.59. The summed E-state index contributed by atoms with van der Waals surface area (Å²) in [7, 11) is 1.64. The van der Waals surface area contributed by atoms with Crippen LogP contribution >= 0.6 is 12.2 Å². The average molecular weight is 347 g/mol. The van der Waals surface area contributed by atoms with Gasteiger partial charge in [-0.1, -0.05) is 18.6 Å². The Labute approximate surface area is 148 Å². The van der Waals surface area contributed by atoms with Crippen molar-refractivity contribution in [2.24, 2.45) is 17.8 Å². The molecule has 0 saturated heterocycles. The van der Waals surface area contributed by atoms with Gasteiger partial charge in [-0.15, -0.1) is 0 Å². The Morgan fingerprint density at radius 1 is 1.21 bits per heavy atom. The number of fused-ring (bicyclic) bond motifs is 2. The minimum Gasteiger partial charge on any atom is -0.497 e. The largest absolute Gasteiger partial charge is 0.497 e. The highest BCUT2D eigenvalue weighted by atomic mass is 32.1. The van der Waals surface area contributed by atoms with Crippen LogP contribution in [0.3, 0.4) is 0 Å². The molecular formula is C18H25N3O2S. The lowest BCUT2D eigenvalue weighted by Crippen LogP contribution is -2.47. The molecule has 1 amide bonds. The number of benzene rings is 1. The Hall–Kier alpha value is -1.82. The number of thiocarbonyl (C=S) groups is 1. The van der Waals surface area contributed by atoms with Gasteiger partial charge in [0.05, 0.1) is 7.11 Å². The van der Waals surface area contributed by atoms with Gasteiger partial charge in [-0.05, 0) is 66.9 Å². The second-order valence-electron chi connectivity index (χ2n) is 6.84. The number of hydrogen-bond acceptors (Lipinski definition) is 3. The number of rotatable bonds is 5. The molecule has 2 bridgehead atoms. The van der Waals surface area contributed by atoms with Crippen LogP contribution in [0.15, 0.2) is 24.3 Å². The second-order valence-corrected chi connectivity index (χ2v) is 7.25. The zero-order valence-electron chi connectivity index (χ0n) is 14.0. The van der Waals surface area contributed by atoms with Crippen molar-refractivity contribution in [3.8, 4) is 5.75 Å². The molecule has 1 aromatic rings. The normalized spacial score (nSPS) is 24.5. The predicted octanol–water partition coefficient (Wildman–Crippen LogP) is 2.52. The molecule has 2 saturated carbocycles. The van der Waals surface area contributed by atoms with E-state index in [1.807, 2.05) is 24.3 Å². The van der Waals surface area contributed by atoms with Gasteiger partial charge in [-0.25, -0.2) is 0 Å². The number of nitrogens with one attached hydrogen (secondary N) is 3. The van der Waals surface area contributed by atoms with Gasteiger partial charge in [0.1, 0.15) is 5.75 Å². The molecule has 2 aliphatic rings. The Kier molecular flexibility index (Phi) is 5.56. The summed E-state index contributed by atoms with van der Waals surface area (Å²) < 4.78 is 5.13. The molecule has 3 N–H and O–H groups in total. The van der Waals surface area contributed by atoms with Crippen LogP contribution in [0.2, 0.25) is 0 Å². The van der Waals surface area contributed by atoms with Crippen molar-refractivity contribution < 1.29 is 9.53 Å². The molecule has 3 rings (SSSR count). The van der Waals surface area contributed by atoms with Crippen LogP contribution in [0.1, 0.15) is 37.7 Å². The average Bonchev–Trinajstić information content (AvgIpc) is 3.21. The van der Waals surface area contributed by atoms with E-state index in [0.29, 0.717) is 24.0 Å². The fraction of sp³-hybridized carbons (Fsp3) is 0.556. The van der Waals surface area contributed by atoms with Gasteiger partial charge in [0, 0.05) is 13.0 Å². The van der Waals surface area contributed by atoms with Crippen LogP contribution in [0.25, 0.3) is 0 Å². The number of methoxy groups -OCH3 is 1. The Morgan fingerprint density at radius 3 is 2.62 bits per heavy atom. The molecule has 2 aliphatic carbocycles. The molecule has 2 fully saturated rings. The molecular weight excluding hydrogens is 322 g/mol.